The minimum Gasteiger partial charge on any atom is -0.315 e. The molecule has 2 heterocycles. The fraction of sp³-hybridized carbons (Fsp3) is 0.714. The Morgan fingerprint density at radius 2 is 1.85 bits per heavy atom. The summed E-state index contributed by atoms with van der Waals surface area (Å²) in [4.78, 5) is 2.93. The Balaban J connectivity index is 1.55. The fourth-order valence-electron chi connectivity index (χ4n) is 4.85. The molecule has 0 spiro atoms. The van der Waals surface area contributed by atoms with Crippen LogP contribution in [0.1, 0.15) is 49.7 Å². The number of likely N-dealkylation sites (tertiary alicyclic amines) is 1. The molecule has 0 bridgehead atoms. The van der Waals surface area contributed by atoms with Crippen molar-refractivity contribution in [2.24, 2.45) is 0 Å². The normalized spacial score (nSPS) is 24.3. The molecule has 5 nitrogen and oxygen atoms in total. The highest BCUT2D eigenvalue weighted by molar-refractivity contribution is 7.89. The summed E-state index contributed by atoms with van der Waals surface area (Å²) in [6.07, 6.45) is 9.02. The number of aryl methyl sites for hydroxylation is 2. The Morgan fingerprint density at radius 3 is 2.63 bits per heavy atom. The van der Waals surface area contributed by atoms with Gasteiger partial charge in [-0.2, -0.15) is 4.31 Å². The summed E-state index contributed by atoms with van der Waals surface area (Å²) in [5, 5.41) is 3.40. The molecule has 1 unspecified atom stereocenters. The minimum absolute atomic E-state index is 0.0711. The first-order chi connectivity index (χ1) is 13.1. The van der Waals surface area contributed by atoms with E-state index >= 15 is 0 Å². The smallest absolute Gasteiger partial charge is 0.243 e. The minimum atomic E-state index is -3.46. The van der Waals surface area contributed by atoms with E-state index in [-0.39, 0.29) is 6.04 Å². The van der Waals surface area contributed by atoms with Crippen molar-refractivity contribution in [2.45, 2.75) is 62.3 Å². The van der Waals surface area contributed by atoms with Crippen LogP contribution in [-0.2, 0) is 22.9 Å². The lowest BCUT2D eigenvalue weighted by atomic mass is 10.1. The van der Waals surface area contributed by atoms with E-state index < -0.39 is 10.0 Å². The molecule has 6 heteroatoms. The van der Waals surface area contributed by atoms with Gasteiger partial charge in [0, 0.05) is 25.7 Å². The van der Waals surface area contributed by atoms with Crippen LogP contribution in [0.15, 0.2) is 23.1 Å². The molecule has 2 aliphatic heterocycles. The van der Waals surface area contributed by atoms with Gasteiger partial charge in [0.05, 0.1) is 4.90 Å². The number of piperidine rings is 2. The molecule has 3 aliphatic rings. The molecule has 1 N–H and O–H groups in total. The third-order valence-corrected chi connectivity index (χ3v) is 8.39. The highest BCUT2D eigenvalue weighted by Crippen LogP contribution is 2.28. The molecule has 0 aromatic heterocycles. The maximum atomic E-state index is 13.6. The van der Waals surface area contributed by atoms with Crippen LogP contribution in [0.5, 0.6) is 0 Å². The lowest BCUT2D eigenvalue weighted by Gasteiger charge is -2.36. The van der Waals surface area contributed by atoms with Crippen LogP contribution < -0.4 is 5.32 Å². The molecule has 1 atom stereocenters. The van der Waals surface area contributed by atoms with Gasteiger partial charge in [0.1, 0.15) is 0 Å². The predicted molar refractivity (Wildman–Crippen MR) is 109 cm³/mol. The van der Waals surface area contributed by atoms with Gasteiger partial charge >= 0.3 is 0 Å². The van der Waals surface area contributed by atoms with Crippen molar-refractivity contribution in [2.75, 3.05) is 39.3 Å². The van der Waals surface area contributed by atoms with Crippen LogP contribution in [0.25, 0.3) is 0 Å². The van der Waals surface area contributed by atoms with Gasteiger partial charge in [0.15, 0.2) is 0 Å². The van der Waals surface area contributed by atoms with Crippen molar-refractivity contribution in [1.82, 2.24) is 14.5 Å². The number of rotatable bonds is 6. The summed E-state index contributed by atoms with van der Waals surface area (Å²) < 4.78 is 29.0. The molecule has 2 saturated heterocycles. The maximum absolute atomic E-state index is 13.6. The molecule has 4 rings (SSSR count). The predicted octanol–water partition coefficient (Wildman–Crippen LogP) is 2.40. The van der Waals surface area contributed by atoms with E-state index in [0.717, 1.165) is 64.8 Å². The largest absolute Gasteiger partial charge is 0.315 e. The highest BCUT2D eigenvalue weighted by Gasteiger charge is 2.33. The molecule has 27 heavy (non-hydrogen) atoms. The van der Waals surface area contributed by atoms with E-state index in [9.17, 15) is 8.42 Å². The van der Waals surface area contributed by atoms with Crippen LogP contribution in [0, 0.1) is 0 Å². The van der Waals surface area contributed by atoms with Gasteiger partial charge in [-0.05, 0) is 87.8 Å². The summed E-state index contributed by atoms with van der Waals surface area (Å²) in [5.41, 5.74) is 2.56. The Hall–Kier alpha value is -0.950. The van der Waals surface area contributed by atoms with Gasteiger partial charge < -0.3 is 10.2 Å². The third kappa shape index (κ3) is 4.39. The summed E-state index contributed by atoms with van der Waals surface area (Å²) in [6.45, 7) is 5.43. The SMILES string of the molecule is O=S(=O)(c1ccc2c(c1)CCC2)N(CCN1CCCCC1)C1CCCNC1. The highest BCUT2D eigenvalue weighted by atomic mass is 32.2. The van der Waals surface area contributed by atoms with Crippen LogP contribution in [-0.4, -0.2) is 62.9 Å². The van der Waals surface area contributed by atoms with Gasteiger partial charge in [-0.25, -0.2) is 8.42 Å². The number of hydrogen-bond donors (Lipinski definition) is 1. The second-order valence-electron chi connectivity index (χ2n) is 8.30. The van der Waals surface area contributed by atoms with E-state index in [1.165, 1.54) is 30.4 Å². The lowest BCUT2D eigenvalue weighted by molar-refractivity contribution is 0.190. The number of hydrogen-bond acceptors (Lipinski definition) is 4. The molecule has 150 valence electrons. The van der Waals surface area contributed by atoms with Gasteiger partial charge in [-0.1, -0.05) is 12.5 Å². The average molecular weight is 392 g/mol. The van der Waals surface area contributed by atoms with Crippen LogP contribution >= 0.6 is 0 Å². The van der Waals surface area contributed by atoms with Crippen molar-refractivity contribution in [3.63, 3.8) is 0 Å². The second kappa shape index (κ2) is 8.60. The zero-order chi connectivity index (χ0) is 18.7. The van der Waals surface area contributed by atoms with Crippen molar-refractivity contribution in [3.05, 3.63) is 29.3 Å². The summed E-state index contributed by atoms with van der Waals surface area (Å²) in [6, 6.07) is 5.89. The summed E-state index contributed by atoms with van der Waals surface area (Å²) >= 11 is 0. The lowest BCUT2D eigenvalue weighted by Crippen LogP contribution is -2.51. The Kier molecular flexibility index (Phi) is 6.17. The standard InChI is InChI=1S/C21H33N3O2S/c25-27(26,21-10-9-18-6-4-7-19(18)16-21)24(20-8-5-11-22-17-20)15-14-23-12-2-1-3-13-23/h9-10,16,20,22H,1-8,11-15,17H2. The van der Waals surface area contributed by atoms with Crippen LogP contribution in [0.2, 0.25) is 0 Å². The third-order valence-electron chi connectivity index (χ3n) is 6.44. The van der Waals surface area contributed by atoms with Crippen LogP contribution in [0.4, 0.5) is 0 Å². The van der Waals surface area contributed by atoms with Gasteiger partial charge in [0.2, 0.25) is 10.0 Å². The Bertz CT molecular complexity index is 738. The zero-order valence-electron chi connectivity index (χ0n) is 16.3. The molecular weight excluding hydrogens is 358 g/mol. The average Bonchev–Trinajstić information content (AvgIpc) is 3.17. The first-order valence-corrected chi connectivity index (χ1v) is 12.2. The van der Waals surface area contributed by atoms with E-state index in [1.54, 1.807) is 0 Å². The number of fused-ring (bicyclic) bond motifs is 1. The molecular formula is C21H33N3O2S. The molecule has 2 fully saturated rings. The second-order valence-corrected chi connectivity index (χ2v) is 10.2. The maximum Gasteiger partial charge on any atom is 0.243 e. The van der Waals surface area contributed by atoms with Crippen molar-refractivity contribution in [3.8, 4) is 0 Å². The molecule has 1 aromatic carbocycles. The first-order valence-electron chi connectivity index (χ1n) is 10.7. The van der Waals surface area contributed by atoms with E-state index in [2.05, 4.69) is 10.2 Å². The Labute approximate surface area is 164 Å². The van der Waals surface area contributed by atoms with E-state index in [0.29, 0.717) is 11.4 Å². The van der Waals surface area contributed by atoms with Gasteiger partial charge in [-0.3, -0.25) is 0 Å². The van der Waals surface area contributed by atoms with Crippen molar-refractivity contribution in [1.29, 1.82) is 0 Å². The van der Waals surface area contributed by atoms with Crippen molar-refractivity contribution < 1.29 is 8.42 Å². The molecule has 0 radical (unpaired) electrons. The zero-order valence-corrected chi connectivity index (χ0v) is 17.1. The number of benzene rings is 1. The van der Waals surface area contributed by atoms with Gasteiger partial charge in [0.25, 0.3) is 0 Å². The quantitative estimate of drug-likeness (QED) is 0.809. The summed E-state index contributed by atoms with van der Waals surface area (Å²) in [7, 11) is -3.46. The molecule has 0 amide bonds. The Morgan fingerprint density at radius 1 is 1.04 bits per heavy atom. The van der Waals surface area contributed by atoms with E-state index in [1.807, 2.05) is 22.5 Å². The fourth-order valence-corrected chi connectivity index (χ4v) is 6.54. The topological polar surface area (TPSA) is 52.7 Å². The number of sulfonamides is 1. The van der Waals surface area contributed by atoms with Crippen LogP contribution in [0.3, 0.4) is 0 Å². The first kappa shape index (κ1) is 19.4. The summed E-state index contributed by atoms with van der Waals surface area (Å²) in [5.74, 6) is 0. The molecule has 0 saturated carbocycles. The number of nitrogens with one attached hydrogen (secondary N) is 1. The molecule has 1 aromatic rings. The number of nitrogens with zero attached hydrogens (tertiary/aromatic N) is 2. The van der Waals surface area contributed by atoms with Gasteiger partial charge in [-0.15, -0.1) is 0 Å². The monoisotopic (exact) mass is 391 g/mol. The molecule has 1 aliphatic carbocycles. The van der Waals surface area contributed by atoms with E-state index in [4.69, 9.17) is 0 Å². The van der Waals surface area contributed by atoms with Crippen molar-refractivity contribution >= 4 is 10.0 Å².